The lowest BCUT2D eigenvalue weighted by atomic mass is 10.2. The van der Waals surface area contributed by atoms with Gasteiger partial charge in [-0.15, -0.1) is 21.5 Å². The number of halogens is 1. The molecule has 118 valence electrons. The van der Waals surface area contributed by atoms with Crippen molar-refractivity contribution in [1.82, 2.24) is 10.2 Å². The van der Waals surface area contributed by atoms with Crippen LogP contribution in [0.15, 0.2) is 51.4 Å². The van der Waals surface area contributed by atoms with Crippen molar-refractivity contribution < 1.29 is 9.21 Å². The van der Waals surface area contributed by atoms with Gasteiger partial charge in [-0.3, -0.25) is 4.79 Å². The molecule has 0 saturated heterocycles. The van der Waals surface area contributed by atoms with Crippen LogP contribution in [-0.2, 0) is 0 Å². The summed E-state index contributed by atoms with van der Waals surface area (Å²) in [6, 6.07) is 11.0. The van der Waals surface area contributed by atoms with Gasteiger partial charge in [-0.1, -0.05) is 35.5 Å². The third-order valence-electron chi connectivity index (χ3n) is 3.05. The van der Waals surface area contributed by atoms with E-state index in [0.29, 0.717) is 22.6 Å². The fourth-order valence-electron chi connectivity index (χ4n) is 1.96. The Labute approximate surface area is 146 Å². The molecule has 0 unspecified atom stereocenters. The minimum absolute atomic E-state index is 0.186. The smallest absolute Gasteiger partial charge is 0.276 e. The maximum absolute atomic E-state index is 11.9. The molecule has 0 amide bonds. The average molecular weight is 365 g/mol. The lowest BCUT2D eigenvalue weighted by Gasteiger charge is -1.97. The van der Waals surface area contributed by atoms with Crippen LogP contribution in [-0.4, -0.2) is 21.7 Å². The summed E-state index contributed by atoms with van der Waals surface area (Å²) in [4.78, 5) is 12.7. The Kier molecular flexibility index (Phi) is 5.48. The number of hydrogen-bond acceptors (Lipinski definition) is 6. The molecule has 0 fully saturated rings. The van der Waals surface area contributed by atoms with E-state index in [1.807, 2.05) is 29.6 Å². The van der Waals surface area contributed by atoms with Gasteiger partial charge in [-0.05, 0) is 36.1 Å². The monoisotopic (exact) mass is 364 g/mol. The zero-order valence-electron chi connectivity index (χ0n) is 12.1. The first-order valence-electron chi connectivity index (χ1n) is 7.01. The standard InChI is InChI=1S/C16H13ClN2O2S2/c17-12-5-1-4-11(10-12)15-18-19-16(21-15)23-9-2-6-13(20)14-7-3-8-22-14/h1,3-5,7-8,10H,2,6,9H2. The Balaban J connectivity index is 1.49. The molecule has 3 aromatic rings. The van der Waals surface area contributed by atoms with Crippen LogP contribution in [0, 0.1) is 0 Å². The van der Waals surface area contributed by atoms with E-state index in [4.69, 9.17) is 16.0 Å². The van der Waals surface area contributed by atoms with Crippen LogP contribution in [0.25, 0.3) is 11.5 Å². The summed E-state index contributed by atoms with van der Waals surface area (Å²) in [7, 11) is 0. The molecule has 23 heavy (non-hydrogen) atoms. The van der Waals surface area contributed by atoms with Gasteiger partial charge in [-0.2, -0.15) is 0 Å². The number of thiophene rings is 1. The summed E-state index contributed by atoms with van der Waals surface area (Å²) < 4.78 is 5.60. The summed E-state index contributed by atoms with van der Waals surface area (Å²) >= 11 is 8.89. The molecule has 0 spiro atoms. The summed E-state index contributed by atoms with van der Waals surface area (Å²) in [5, 5.41) is 11.1. The van der Waals surface area contributed by atoms with Gasteiger partial charge < -0.3 is 4.42 Å². The Morgan fingerprint density at radius 2 is 2.17 bits per heavy atom. The van der Waals surface area contributed by atoms with Crippen molar-refractivity contribution in [2.24, 2.45) is 0 Å². The lowest BCUT2D eigenvalue weighted by Crippen LogP contribution is -1.96. The van der Waals surface area contributed by atoms with Gasteiger partial charge in [0.25, 0.3) is 5.22 Å². The molecule has 0 atom stereocenters. The summed E-state index contributed by atoms with van der Waals surface area (Å²) in [6.45, 7) is 0. The topological polar surface area (TPSA) is 56.0 Å². The highest BCUT2D eigenvalue weighted by Gasteiger charge is 2.10. The number of Topliss-reactive ketones (excluding diaryl/α,β-unsaturated/α-hetero) is 1. The number of thioether (sulfide) groups is 1. The van der Waals surface area contributed by atoms with Crippen molar-refractivity contribution in [3.05, 3.63) is 51.7 Å². The van der Waals surface area contributed by atoms with E-state index in [1.54, 1.807) is 12.1 Å². The first kappa shape index (κ1) is 16.2. The van der Waals surface area contributed by atoms with Crippen LogP contribution in [0.2, 0.25) is 5.02 Å². The minimum Gasteiger partial charge on any atom is -0.411 e. The number of carbonyl (C=O) groups is 1. The van der Waals surface area contributed by atoms with Crippen molar-refractivity contribution in [1.29, 1.82) is 0 Å². The van der Waals surface area contributed by atoms with Crippen LogP contribution in [0.3, 0.4) is 0 Å². The fourth-order valence-corrected chi connectivity index (χ4v) is 3.54. The van der Waals surface area contributed by atoms with Gasteiger partial charge in [0.15, 0.2) is 5.78 Å². The van der Waals surface area contributed by atoms with Gasteiger partial charge in [0.05, 0.1) is 4.88 Å². The zero-order valence-corrected chi connectivity index (χ0v) is 14.5. The van der Waals surface area contributed by atoms with E-state index in [1.165, 1.54) is 23.1 Å². The maximum atomic E-state index is 11.9. The number of ketones is 1. The SMILES string of the molecule is O=C(CCCSc1nnc(-c2cccc(Cl)c2)o1)c1cccs1. The second kappa shape index (κ2) is 7.77. The van der Waals surface area contributed by atoms with E-state index < -0.39 is 0 Å². The Hall–Kier alpha value is -1.63. The predicted octanol–water partition coefficient (Wildman–Crippen LogP) is 5.21. The highest BCUT2D eigenvalue weighted by Crippen LogP contribution is 2.25. The molecule has 0 saturated carbocycles. The number of hydrogen-bond donors (Lipinski definition) is 0. The number of nitrogens with zero attached hydrogens (tertiary/aromatic N) is 2. The first-order chi connectivity index (χ1) is 11.2. The normalized spacial score (nSPS) is 10.8. The Morgan fingerprint density at radius 1 is 1.26 bits per heavy atom. The summed E-state index contributed by atoms with van der Waals surface area (Å²) in [5.41, 5.74) is 0.796. The van der Waals surface area contributed by atoms with Crippen LogP contribution < -0.4 is 0 Å². The van der Waals surface area contributed by atoms with Gasteiger partial charge in [-0.25, -0.2) is 0 Å². The van der Waals surface area contributed by atoms with Crippen LogP contribution >= 0.6 is 34.7 Å². The third-order valence-corrected chi connectivity index (χ3v) is 5.10. The molecule has 3 rings (SSSR count). The van der Waals surface area contributed by atoms with Gasteiger partial charge >= 0.3 is 0 Å². The van der Waals surface area contributed by atoms with Gasteiger partial charge in [0, 0.05) is 22.8 Å². The zero-order chi connectivity index (χ0) is 16.1. The molecule has 0 radical (unpaired) electrons. The largest absolute Gasteiger partial charge is 0.411 e. The van der Waals surface area contributed by atoms with Crippen LogP contribution in [0.4, 0.5) is 0 Å². The third kappa shape index (κ3) is 4.43. The Bertz CT molecular complexity index is 787. The molecule has 0 aliphatic heterocycles. The van der Waals surface area contributed by atoms with Crippen molar-refractivity contribution in [2.45, 2.75) is 18.1 Å². The molecule has 0 aliphatic carbocycles. The van der Waals surface area contributed by atoms with Crippen molar-refractivity contribution >= 4 is 40.5 Å². The van der Waals surface area contributed by atoms with Crippen molar-refractivity contribution in [3.63, 3.8) is 0 Å². The van der Waals surface area contributed by atoms with E-state index in [0.717, 1.165) is 22.6 Å². The fraction of sp³-hybridized carbons (Fsp3) is 0.188. The predicted molar refractivity (Wildman–Crippen MR) is 93.4 cm³/mol. The summed E-state index contributed by atoms with van der Waals surface area (Å²) in [5.74, 6) is 1.39. The highest BCUT2D eigenvalue weighted by atomic mass is 35.5. The van der Waals surface area contributed by atoms with Crippen molar-refractivity contribution in [2.75, 3.05) is 5.75 Å². The van der Waals surface area contributed by atoms with Gasteiger partial charge in [0.1, 0.15) is 0 Å². The minimum atomic E-state index is 0.186. The molecule has 1 aromatic carbocycles. The molecular formula is C16H13ClN2O2S2. The quantitative estimate of drug-likeness (QED) is 0.327. The number of aromatic nitrogens is 2. The number of carbonyl (C=O) groups excluding carboxylic acids is 1. The first-order valence-corrected chi connectivity index (χ1v) is 9.25. The molecular weight excluding hydrogens is 352 g/mol. The van der Waals surface area contributed by atoms with Gasteiger partial charge in [0.2, 0.25) is 5.89 Å². The van der Waals surface area contributed by atoms with Crippen LogP contribution in [0.1, 0.15) is 22.5 Å². The molecule has 2 aromatic heterocycles. The molecule has 0 bridgehead atoms. The molecule has 0 N–H and O–H groups in total. The lowest BCUT2D eigenvalue weighted by molar-refractivity contribution is 0.0986. The number of rotatable bonds is 7. The number of benzene rings is 1. The second-order valence-corrected chi connectivity index (χ2v) is 7.17. The van der Waals surface area contributed by atoms with E-state index in [9.17, 15) is 4.79 Å². The molecule has 0 aliphatic rings. The average Bonchev–Trinajstić information content (AvgIpc) is 3.23. The van der Waals surface area contributed by atoms with E-state index in [-0.39, 0.29) is 5.78 Å². The molecule has 2 heterocycles. The summed E-state index contributed by atoms with van der Waals surface area (Å²) in [6.07, 6.45) is 1.30. The molecule has 7 heteroatoms. The van der Waals surface area contributed by atoms with Crippen molar-refractivity contribution in [3.8, 4) is 11.5 Å². The van der Waals surface area contributed by atoms with E-state index >= 15 is 0 Å². The van der Waals surface area contributed by atoms with E-state index in [2.05, 4.69) is 10.2 Å². The maximum Gasteiger partial charge on any atom is 0.276 e. The molecule has 4 nitrogen and oxygen atoms in total. The second-order valence-electron chi connectivity index (χ2n) is 4.74. The Morgan fingerprint density at radius 3 is 2.96 bits per heavy atom. The highest BCUT2D eigenvalue weighted by molar-refractivity contribution is 7.99. The van der Waals surface area contributed by atoms with Crippen LogP contribution in [0.5, 0.6) is 0 Å².